The first-order chi connectivity index (χ1) is 15.5. The fourth-order valence-electron chi connectivity index (χ4n) is 4.69. The molecule has 2 aromatic rings. The monoisotopic (exact) mass is 436 g/mol. The van der Waals surface area contributed by atoms with Gasteiger partial charge in [0.2, 0.25) is 0 Å². The SMILES string of the molecule is COc1ccc2c(c1)C(=Cc1[nH]c3c(c1C)C(=O)N(CCN1CCOCC1)CC3)C(=O)N2. The summed E-state index contributed by atoms with van der Waals surface area (Å²) in [5.41, 5.74) is 5.52. The van der Waals surface area contributed by atoms with Crippen LogP contribution in [0.3, 0.4) is 0 Å². The maximum Gasteiger partial charge on any atom is 0.256 e. The standard InChI is InChI=1S/C24H28N4O4/c1-15-21(14-18-17-13-16(31-2)3-4-19(17)26-23(18)29)25-20-5-6-28(24(30)22(15)20)8-7-27-9-11-32-12-10-27/h3-4,13-14,25H,5-12H2,1-2H3,(H,26,29). The molecule has 0 radical (unpaired) electrons. The number of nitrogens with one attached hydrogen (secondary N) is 2. The smallest absolute Gasteiger partial charge is 0.256 e. The van der Waals surface area contributed by atoms with E-state index < -0.39 is 0 Å². The second-order valence-corrected chi connectivity index (χ2v) is 8.44. The van der Waals surface area contributed by atoms with Gasteiger partial charge in [-0.15, -0.1) is 0 Å². The number of ether oxygens (including phenoxy) is 2. The van der Waals surface area contributed by atoms with Crippen molar-refractivity contribution in [1.82, 2.24) is 14.8 Å². The number of morpholine rings is 1. The predicted octanol–water partition coefficient (Wildman–Crippen LogP) is 2.15. The molecule has 168 valence electrons. The largest absolute Gasteiger partial charge is 0.497 e. The lowest BCUT2D eigenvalue weighted by atomic mass is 10.0. The zero-order chi connectivity index (χ0) is 22.2. The number of anilines is 1. The highest BCUT2D eigenvalue weighted by Crippen LogP contribution is 2.36. The number of benzene rings is 1. The molecule has 1 fully saturated rings. The molecule has 0 bridgehead atoms. The van der Waals surface area contributed by atoms with E-state index in [2.05, 4.69) is 15.2 Å². The van der Waals surface area contributed by atoms with E-state index in [4.69, 9.17) is 9.47 Å². The number of H-pyrrole nitrogens is 1. The van der Waals surface area contributed by atoms with Gasteiger partial charge in [-0.3, -0.25) is 14.5 Å². The van der Waals surface area contributed by atoms with Crippen LogP contribution in [-0.2, 0) is 16.0 Å². The first-order valence-electron chi connectivity index (χ1n) is 11.1. The Balaban J connectivity index is 1.39. The Morgan fingerprint density at radius 3 is 2.75 bits per heavy atom. The summed E-state index contributed by atoms with van der Waals surface area (Å²) in [6.07, 6.45) is 2.63. The topological polar surface area (TPSA) is 86.9 Å². The third-order valence-electron chi connectivity index (χ3n) is 6.59. The van der Waals surface area contributed by atoms with Crippen LogP contribution in [-0.4, -0.2) is 79.6 Å². The molecule has 1 saturated heterocycles. The number of rotatable bonds is 5. The van der Waals surface area contributed by atoms with Gasteiger partial charge >= 0.3 is 0 Å². The van der Waals surface area contributed by atoms with Crippen LogP contribution in [0.1, 0.15) is 32.9 Å². The molecule has 0 saturated carbocycles. The van der Waals surface area contributed by atoms with E-state index >= 15 is 0 Å². The quantitative estimate of drug-likeness (QED) is 0.702. The number of aromatic amines is 1. The average molecular weight is 437 g/mol. The van der Waals surface area contributed by atoms with Crippen molar-refractivity contribution < 1.29 is 19.1 Å². The number of carbonyl (C=O) groups excluding carboxylic acids is 2. The number of hydrogen-bond donors (Lipinski definition) is 2. The molecule has 5 rings (SSSR count). The summed E-state index contributed by atoms with van der Waals surface area (Å²) < 4.78 is 10.7. The number of hydrogen-bond acceptors (Lipinski definition) is 5. The molecule has 3 aliphatic rings. The van der Waals surface area contributed by atoms with E-state index in [1.807, 2.05) is 36.1 Å². The van der Waals surface area contributed by atoms with E-state index in [0.717, 1.165) is 79.6 Å². The van der Waals surface area contributed by atoms with Gasteiger partial charge in [-0.1, -0.05) is 0 Å². The molecular weight excluding hydrogens is 408 g/mol. The zero-order valence-corrected chi connectivity index (χ0v) is 18.5. The lowest BCUT2D eigenvalue weighted by molar-refractivity contribution is -0.110. The third-order valence-corrected chi connectivity index (χ3v) is 6.59. The minimum absolute atomic E-state index is 0.0656. The molecule has 8 heteroatoms. The number of nitrogens with zero attached hydrogens (tertiary/aromatic N) is 2. The van der Waals surface area contributed by atoms with Crippen molar-refractivity contribution in [3.63, 3.8) is 0 Å². The summed E-state index contributed by atoms with van der Waals surface area (Å²) in [5.74, 6) is 0.606. The molecule has 0 unspecified atom stereocenters. The maximum atomic E-state index is 13.3. The minimum atomic E-state index is -0.154. The molecule has 0 aliphatic carbocycles. The zero-order valence-electron chi connectivity index (χ0n) is 18.5. The van der Waals surface area contributed by atoms with E-state index in [1.54, 1.807) is 7.11 Å². The Labute approximate surface area is 187 Å². The van der Waals surface area contributed by atoms with Crippen LogP contribution < -0.4 is 10.1 Å². The van der Waals surface area contributed by atoms with Crippen LogP contribution in [0.15, 0.2) is 18.2 Å². The Bertz CT molecular complexity index is 1100. The van der Waals surface area contributed by atoms with Crippen molar-refractivity contribution in [2.75, 3.05) is 58.4 Å². The average Bonchev–Trinajstić information content (AvgIpc) is 3.30. The fraction of sp³-hybridized carbons (Fsp3) is 0.417. The van der Waals surface area contributed by atoms with Crippen molar-refractivity contribution in [1.29, 1.82) is 0 Å². The molecule has 8 nitrogen and oxygen atoms in total. The van der Waals surface area contributed by atoms with E-state index in [-0.39, 0.29) is 11.8 Å². The number of fused-ring (bicyclic) bond motifs is 2. The van der Waals surface area contributed by atoms with E-state index in [0.29, 0.717) is 17.9 Å². The molecule has 2 N–H and O–H groups in total. The van der Waals surface area contributed by atoms with Crippen molar-refractivity contribution in [2.45, 2.75) is 13.3 Å². The summed E-state index contributed by atoms with van der Waals surface area (Å²) in [5, 5.41) is 2.90. The second kappa shape index (κ2) is 8.44. The predicted molar refractivity (Wildman–Crippen MR) is 122 cm³/mol. The second-order valence-electron chi connectivity index (χ2n) is 8.44. The van der Waals surface area contributed by atoms with E-state index in [1.165, 1.54) is 0 Å². The van der Waals surface area contributed by atoms with Gasteiger partial charge in [0.15, 0.2) is 0 Å². The van der Waals surface area contributed by atoms with Crippen molar-refractivity contribution in [3.05, 3.63) is 46.3 Å². The van der Waals surface area contributed by atoms with Crippen molar-refractivity contribution in [3.8, 4) is 5.75 Å². The normalized spacial score (nSPS) is 19.8. The fourth-order valence-corrected chi connectivity index (χ4v) is 4.69. The summed E-state index contributed by atoms with van der Waals surface area (Å²) in [7, 11) is 1.61. The van der Waals surface area contributed by atoms with Gasteiger partial charge in [-0.2, -0.15) is 0 Å². The van der Waals surface area contributed by atoms with Crippen molar-refractivity contribution >= 4 is 29.2 Å². The molecular formula is C24H28N4O4. The Morgan fingerprint density at radius 2 is 1.97 bits per heavy atom. The molecule has 1 aromatic heterocycles. The molecule has 1 aromatic carbocycles. The molecule has 0 spiro atoms. The highest BCUT2D eigenvalue weighted by Gasteiger charge is 2.31. The van der Waals surface area contributed by atoms with Gasteiger partial charge < -0.3 is 24.7 Å². The molecule has 3 aliphatic heterocycles. The van der Waals surface area contributed by atoms with E-state index in [9.17, 15) is 9.59 Å². The van der Waals surface area contributed by atoms with Crippen molar-refractivity contribution in [2.24, 2.45) is 0 Å². The van der Waals surface area contributed by atoms with Crippen LogP contribution >= 0.6 is 0 Å². The first kappa shape index (κ1) is 20.8. The number of aromatic nitrogens is 1. The minimum Gasteiger partial charge on any atom is -0.497 e. The summed E-state index contributed by atoms with van der Waals surface area (Å²) in [4.78, 5) is 33.6. The van der Waals surface area contributed by atoms with Crippen LogP contribution in [0.4, 0.5) is 5.69 Å². The maximum absolute atomic E-state index is 13.3. The van der Waals surface area contributed by atoms with Gasteiger partial charge in [0, 0.05) is 61.8 Å². The van der Waals surface area contributed by atoms with Gasteiger partial charge in [-0.05, 0) is 36.8 Å². The van der Waals surface area contributed by atoms with Gasteiger partial charge in [-0.25, -0.2) is 0 Å². The molecule has 0 atom stereocenters. The van der Waals surface area contributed by atoms with Crippen LogP contribution in [0.25, 0.3) is 11.6 Å². The Morgan fingerprint density at radius 1 is 1.16 bits per heavy atom. The summed E-state index contributed by atoms with van der Waals surface area (Å²) >= 11 is 0. The Kier molecular flexibility index (Phi) is 5.48. The molecule has 32 heavy (non-hydrogen) atoms. The van der Waals surface area contributed by atoms with Gasteiger partial charge in [0.25, 0.3) is 11.8 Å². The van der Waals surface area contributed by atoms with Crippen LogP contribution in [0.2, 0.25) is 0 Å². The highest BCUT2D eigenvalue weighted by atomic mass is 16.5. The lowest BCUT2D eigenvalue weighted by Crippen LogP contribution is -2.45. The summed E-state index contributed by atoms with van der Waals surface area (Å²) in [6, 6.07) is 5.52. The van der Waals surface area contributed by atoms with Crippen LogP contribution in [0.5, 0.6) is 5.75 Å². The lowest BCUT2D eigenvalue weighted by Gasteiger charge is -2.32. The Hall–Kier alpha value is -3.10. The molecule has 2 amide bonds. The third kappa shape index (κ3) is 3.69. The van der Waals surface area contributed by atoms with Gasteiger partial charge in [0.05, 0.1) is 31.5 Å². The first-order valence-corrected chi connectivity index (χ1v) is 11.1. The number of carbonyl (C=O) groups is 2. The molecule has 4 heterocycles. The summed E-state index contributed by atoms with van der Waals surface area (Å²) in [6.45, 7) is 7.59. The van der Waals surface area contributed by atoms with Gasteiger partial charge in [0.1, 0.15) is 5.75 Å². The van der Waals surface area contributed by atoms with Crippen LogP contribution in [0, 0.1) is 6.92 Å². The number of amides is 2. The number of methoxy groups -OCH3 is 1. The highest BCUT2D eigenvalue weighted by molar-refractivity contribution is 6.35.